The number of para-hydroxylation sites is 3. The van der Waals surface area contributed by atoms with Crippen molar-refractivity contribution in [2.45, 2.75) is 37.9 Å². The summed E-state index contributed by atoms with van der Waals surface area (Å²) in [7, 11) is -3.63. The Morgan fingerprint density at radius 2 is 1.69 bits per heavy atom. The molecule has 9 heteroatoms. The van der Waals surface area contributed by atoms with Crippen LogP contribution in [0.2, 0.25) is 0 Å². The van der Waals surface area contributed by atoms with Gasteiger partial charge in [0.15, 0.2) is 0 Å². The summed E-state index contributed by atoms with van der Waals surface area (Å²) in [6, 6.07) is 18.4. The SMILES string of the molecule is CC(C)(C)c1cc(NC(=O)Cn2c(S(C)(=O)=O)nc3ccccc32)n(-c2ccccc2)n1. The van der Waals surface area contributed by atoms with Crippen LogP contribution in [-0.4, -0.2) is 39.9 Å². The molecule has 0 spiro atoms. The van der Waals surface area contributed by atoms with Crippen molar-refractivity contribution in [2.75, 3.05) is 11.6 Å². The Morgan fingerprint density at radius 1 is 1.03 bits per heavy atom. The highest BCUT2D eigenvalue weighted by Gasteiger charge is 2.24. The van der Waals surface area contributed by atoms with Crippen molar-refractivity contribution < 1.29 is 13.2 Å². The number of hydrogen-bond acceptors (Lipinski definition) is 5. The van der Waals surface area contributed by atoms with Crippen molar-refractivity contribution in [1.82, 2.24) is 19.3 Å². The summed E-state index contributed by atoms with van der Waals surface area (Å²) in [5.74, 6) is 0.132. The zero-order valence-corrected chi connectivity index (χ0v) is 19.2. The predicted molar refractivity (Wildman–Crippen MR) is 124 cm³/mol. The maximum Gasteiger partial charge on any atom is 0.245 e. The van der Waals surface area contributed by atoms with Crippen molar-refractivity contribution in [2.24, 2.45) is 0 Å². The molecule has 0 aliphatic rings. The highest BCUT2D eigenvalue weighted by molar-refractivity contribution is 7.90. The first-order valence-electron chi connectivity index (χ1n) is 10.2. The number of nitrogens with one attached hydrogen (secondary N) is 1. The number of aromatic nitrogens is 4. The molecule has 0 atom stereocenters. The third-order valence-corrected chi connectivity index (χ3v) is 5.97. The number of imidazole rings is 1. The molecule has 0 unspecified atom stereocenters. The van der Waals surface area contributed by atoms with Gasteiger partial charge in [0, 0.05) is 17.7 Å². The highest BCUT2D eigenvalue weighted by Crippen LogP contribution is 2.26. The largest absolute Gasteiger partial charge is 0.309 e. The molecule has 0 saturated carbocycles. The van der Waals surface area contributed by atoms with E-state index < -0.39 is 9.84 Å². The van der Waals surface area contributed by atoms with Crippen molar-refractivity contribution >= 4 is 32.6 Å². The predicted octanol–water partition coefficient (Wildman–Crippen LogP) is 3.56. The number of rotatable bonds is 5. The molecule has 1 amide bonds. The van der Waals surface area contributed by atoms with Gasteiger partial charge in [0.05, 0.1) is 22.4 Å². The smallest absolute Gasteiger partial charge is 0.245 e. The molecule has 166 valence electrons. The zero-order chi connectivity index (χ0) is 23.1. The van der Waals surface area contributed by atoms with Crippen LogP contribution in [-0.2, 0) is 26.6 Å². The molecule has 0 fully saturated rings. The molecule has 0 aliphatic carbocycles. The molecule has 4 rings (SSSR count). The van der Waals surface area contributed by atoms with Gasteiger partial charge in [0.1, 0.15) is 12.4 Å². The number of carbonyl (C=O) groups excluding carboxylic acids is 1. The molecule has 0 saturated heterocycles. The van der Waals surface area contributed by atoms with E-state index in [9.17, 15) is 13.2 Å². The molecule has 2 heterocycles. The average Bonchev–Trinajstić information content (AvgIpc) is 3.31. The number of anilines is 1. The number of sulfone groups is 1. The molecular weight excluding hydrogens is 426 g/mol. The molecule has 32 heavy (non-hydrogen) atoms. The maximum absolute atomic E-state index is 13.0. The minimum Gasteiger partial charge on any atom is -0.309 e. The van der Waals surface area contributed by atoms with Crippen molar-refractivity contribution in [1.29, 1.82) is 0 Å². The van der Waals surface area contributed by atoms with E-state index >= 15 is 0 Å². The van der Waals surface area contributed by atoms with Gasteiger partial charge in [-0.3, -0.25) is 4.79 Å². The van der Waals surface area contributed by atoms with Crippen LogP contribution in [0.1, 0.15) is 26.5 Å². The second kappa shape index (κ2) is 7.90. The summed E-state index contributed by atoms with van der Waals surface area (Å²) >= 11 is 0. The first-order chi connectivity index (χ1) is 15.0. The lowest BCUT2D eigenvalue weighted by Gasteiger charge is -2.14. The van der Waals surface area contributed by atoms with Crippen LogP contribution in [0.15, 0.2) is 65.8 Å². The number of nitrogens with zero attached hydrogens (tertiary/aromatic N) is 4. The number of carbonyl (C=O) groups is 1. The third-order valence-electron chi connectivity index (χ3n) is 5.00. The van der Waals surface area contributed by atoms with Crippen LogP contribution in [0.3, 0.4) is 0 Å². The fraction of sp³-hybridized carbons (Fsp3) is 0.261. The van der Waals surface area contributed by atoms with Crippen LogP contribution in [0.5, 0.6) is 0 Å². The Labute approximate surface area is 186 Å². The Morgan fingerprint density at radius 3 is 2.34 bits per heavy atom. The quantitative estimate of drug-likeness (QED) is 0.500. The van der Waals surface area contributed by atoms with Gasteiger partial charge in [-0.25, -0.2) is 18.1 Å². The summed E-state index contributed by atoms with van der Waals surface area (Å²) in [6.07, 6.45) is 1.09. The van der Waals surface area contributed by atoms with Crippen LogP contribution in [0, 0.1) is 0 Å². The Kier molecular flexibility index (Phi) is 5.37. The first-order valence-corrected chi connectivity index (χ1v) is 12.0. The Balaban J connectivity index is 1.71. The van der Waals surface area contributed by atoms with Gasteiger partial charge >= 0.3 is 0 Å². The molecule has 4 aromatic rings. The van der Waals surface area contributed by atoms with Gasteiger partial charge in [0.25, 0.3) is 0 Å². The van der Waals surface area contributed by atoms with Gasteiger partial charge in [-0.1, -0.05) is 51.1 Å². The lowest BCUT2D eigenvalue weighted by atomic mass is 9.92. The number of fused-ring (bicyclic) bond motifs is 1. The second-order valence-corrected chi connectivity index (χ2v) is 10.6. The monoisotopic (exact) mass is 451 g/mol. The zero-order valence-electron chi connectivity index (χ0n) is 18.4. The van der Waals surface area contributed by atoms with Crippen molar-refractivity contribution in [3.05, 3.63) is 66.4 Å². The van der Waals surface area contributed by atoms with E-state index in [1.807, 2.05) is 57.2 Å². The second-order valence-electron chi connectivity index (χ2n) is 8.70. The van der Waals surface area contributed by atoms with E-state index in [1.54, 1.807) is 28.9 Å². The van der Waals surface area contributed by atoms with Gasteiger partial charge in [-0.15, -0.1) is 0 Å². The number of hydrogen-bond donors (Lipinski definition) is 1. The van der Waals surface area contributed by atoms with E-state index in [0.717, 1.165) is 17.6 Å². The number of benzene rings is 2. The summed E-state index contributed by atoms with van der Waals surface area (Å²) in [6.45, 7) is 5.94. The van der Waals surface area contributed by atoms with Crippen molar-refractivity contribution in [3.8, 4) is 5.69 Å². The molecule has 2 aromatic heterocycles. The lowest BCUT2D eigenvalue weighted by Crippen LogP contribution is -2.22. The fourth-order valence-electron chi connectivity index (χ4n) is 3.42. The molecular formula is C23H25N5O3S. The Bertz CT molecular complexity index is 1400. The van der Waals surface area contributed by atoms with E-state index in [4.69, 9.17) is 5.10 Å². The summed E-state index contributed by atoms with van der Waals surface area (Å²) in [5, 5.41) is 7.46. The normalized spacial score (nSPS) is 12.2. The minimum absolute atomic E-state index is 0.138. The van der Waals surface area contributed by atoms with Gasteiger partial charge in [-0.05, 0) is 24.3 Å². The standard InChI is InChI=1S/C23H25N5O3S/c1-23(2,3)19-14-20(28(26-19)16-10-6-5-7-11-16)25-21(29)15-27-18-13-9-8-12-17(18)24-22(27)32(4,30)31/h5-14H,15H2,1-4H3,(H,25,29). The number of amides is 1. The average molecular weight is 452 g/mol. The molecule has 0 radical (unpaired) electrons. The topological polar surface area (TPSA) is 98.9 Å². The lowest BCUT2D eigenvalue weighted by molar-refractivity contribution is -0.116. The fourth-order valence-corrected chi connectivity index (χ4v) is 4.25. The van der Waals surface area contributed by atoms with Gasteiger partial charge in [-0.2, -0.15) is 5.10 Å². The van der Waals surface area contributed by atoms with E-state index in [0.29, 0.717) is 16.9 Å². The molecule has 1 N–H and O–H groups in total. The van der Waals surface area contributed by atoms with Crippen LogP contribution >= 0.6 is 0 Å². The molecule has 0 bridgehead atoms. The third kappa shape index (κ3) is 4.29. The minimum atomic E-state index is -3.63. The van der Waals surface area contributed by atoms with Crippen molar-refractivity contribution in [3.63, 3.8) is 0 Å². The van der Waals surface area contributed by atoms with E-state index in [2.05, 4.69) is 10.3 Å². The van der Waals surface area contributed by atoms with Crippen LogP contribution in [0.25, 0.3) is 16.7 Å². The van der Waals surface area contributed by atoms with E-state index in [-0.39, 0.29) is 23.0 Å². The first kappa shape index (κ1) is 21.8. The molecule has 8 nitrogen and oxygen atoms in total. The van der Waals surface area contributed by atoms with E-state index in [1.165, 1.54) is 4.57 Å². The molecule has 0 aliphatic heterocycles. The van der Waals surface area contributed by atoms with Crippen LogP contribution in [0.4, 0.5) is 5.82 Å². The summed E-state index contributed by atoms with van der Waals surface area (Å²) in [5.41, 5.74) is 2.51. The Hall–Kier alpha value is -3.46. The highest BCUT2D eigenvalue weighted by atomic mass is 32.2. The van der Waals surface area contributed by atoms with Gasteiger partial charge < -0.3 is 9.88 Å². The maximum atomic E-state index is 13.0. The van der Waals surface area contributed by atoms with Gasteiger partial charge in [0.2, 0.25) is 20.9 Å². The van der Waals surface area contributed by atoms with Crippen LogP contribution < -0.4 is 5.32 Å². The molecule has 2 aromatic carbocycles. The summed E-state index contributed by atoms with van der Waals surface area (Å²) < 4.78 is 27.7. The summed E-state index contributed by atoms with van der Waals surface area (Å²) in [4.78, 5) is 17.3.